The highest BCUT2D eigenvalue weighted by Crippen LogP contribution is 2.16. The van der Waals surface area contributed by atoms with Crippen LogP contribution in [-0.2, 0) is 0 Å². The lowest BCUT2D eigenvalue weighted by Gasteiger charge is -2.21. The van der Waals surface area contributed by atoms with Crippen molar-refractivity contribution in [2.45, 2.75) is 52.0 Å². The molecule has 94 valence electrons. The molecule has 0 aromatic carbocycles. The Balaban J connectivity index is 1.90. The first-order valence-electron chi connectivity index (χ1n) is 6.69. The van der Waals surface area contributed by atoms with E-state index in [4.69, 9.17) is 0 Å². The molecule has 0 radical (unpaired) electrons. The van der Waals surface area contributed by atoms with Crippen LogP contribution in [0.1, 0.15) is 46.5 Å². The summed E-state index contributed by atoms with van der Waals surface area (Å²) in [5, 5.41) is 7.08. The number of hydrogen-bond donors (Lipinski definition) is 2. The van der Waals surface area contributed by atoms with Gasteiger partial charge >= 0.3 is 0 Å². The van der Waals surface area contributed by atoms with E-state index in [1.165, 1.54) is 32.2 Å². The highest BCUT2D eigenvalue weighted by molar-refractivity contribution is 4.90. The fourth-order valence-electron chi connectivity index (χ4n) is 2.02. The minimum atomic E-state index is 0.258. The zero-order chi connectivity index (χ0) is 11.9. The van der Waals surface area contributed by atoms with Crippen LogP contribution in [0.2, 0.25) is 0 Å². The molecule has 16 heavy (non-hydrogen) atoms. The SMILES string of the molecule is CC(C)(C)NCCCNCC1CC=CCC1. The van der Waals surface area contributed by atoms with Crippen LogP contribution in [0.5, 0.6) is 0 Å². The van der Waals surface area contributed by atoms with Crippen LogP contribution in [0.15, 0.2) is 12.2 Å². The van der Waals surface area contributed by atoms with Crippen LogP contribution in [0, 0.1) is 5.92 Å². The van der Waals surface area contributed by atoms with Crippen molar-refractivity contribution in [2.24, 2.45) is 5.92 Å². The Morgan fingerprint density at radius 1 is 1.19 bits per heavy atom. The van der Waals surface area contributed by atoms with Crippen molar-refractivity contribution >= 4 is 0 Å². The zero-order valence-corrected chi connectivity index (χ0v) is 11.2. The van der Waals surface area contributed by atoms with Crippen molar-refractivity contribution in [3.8, 4) is 0 Å². The summed E-state index contributed by atoms with van der Waals surface area (Å²) in [5.41, 5.74) is 0.258. The third-order valence-corrected chi connectivity index (χ3v) is 3.00. The lowest BCUT2D eigenvalue weighted by Crippen LogP contribution is -2.37. The van der Waals surface area contributed by atoms with Crippen LogP contribution in [-0.4, -0.2) is 25.2 Å². The van der Waals surface area contributed by atoms with Crippen LogP contribution >= 0.6 is 0 Å². The first kappa shape index (κ1) is 13.7. The Labute approximate surface area is 101 Å². The smallest absolute Gasteiger partial charge is 0.00965 e. The molecule has 2 N–H and O–H groups in total. The van der Waals surface area contributed by atoms with E-state index in [0.717, 1.165) is 19.0 Å². The molecule has 1 unspecified atom stereocenters. The monoisotopic (exact) mass is 224 g/mol. The summed E-state index contributed by atoms with van der Waals surface area (Å²) in [4.78, 5) is 0. The number of rotatable bonds is 6. The van der Waals surface area contributed by atoms with E-state index in [9.17, 15) is 0 Å². The van der Waals surface area contributed by atoms with Crippen molar-refractivity contribution in [1.29, 1.82) is 0 Å². The first-order valence-corrected chi connectivity index (χ1v) is 6.69. The number of hydrogen-bond acceptors (Lipinski definition) is 2. The molecule has 1 rings (SSSR count). The Morgan fingerprint density at radius 3 is 2.62 bits per heavy atom. The molecule has 1 aliphatic rings. The van der Waals surface area contributed by atoms with Gasteiger partial charge in [-0.25, -0.2) is 0 Å². The van der Waals surface area contributed by atoms with Crippen molar-refractivity contribution in [3.05, 3.63) is 12.2 Å². The summed E-state index contributed by atoms with van der Waals surface area (Å²) in [7, 11) is 0. The molecule has 1 aliphatic carbocycles. The molecule has 0 saturated carbocycles. The molecule has 0 aromatic heterocycles. The van der Waals surface area contributed by atoms with E-state index in [1.54, 1.807) is 0 Å². The minimum absolute atomic E-state index is 0.258. The van der Waals surface area contributed by atoms with Gasteiger partial charge in [0.2, 0.25) is 0 Å². The summed E-state index contributed by atoms with van der Waals surface area (Å²) in [6, 6.07) is 0. The Bertz CT molecular complexity index is 203. The van der Waals surface area contributed by atoms with Gasteiger partial charge in [0.25, 0.3) is 0 Å². The van der Waals surface area contributed by atoms with E-state index in [1.807, 2.05) is 0 Å². The quantitative estimate of drug-likeness (QED) is 0.535. The fourth-order valence-corrected chi connectivity index (χ4v) is 2.02. The average Bonchev–Trinajstić information content (AvgIpc) is 2.23. The molecular weight excluding hydrogens is 196 g/mol. The fraction of sp³-hybridized carbons (Fsp3) is 0.857. The second-order valence-electron chi connectivity index (χ2n) is 5.88. The second-order valence-corrected chi connectivity index (χ2v) is 5.88. The van der Waals surface area contributed by atoms with Crippen LogP contribution in [0.25, 0.3) is 0 Å². The lowest BCUT2D eigenvalue weighted by molar-refractivity contribution is 0.405. The summed E-state index contributed by atoms with van der Waals surface area (Å²) >= 11 is 0. The number of allylic oxidation sites excluding steroid dienone is 2. The summed E-state index contributed by atoms with van der Waals surface area (Å²) in [5.74, 6) is 0.876. The molecule has 0 spiro atoms. The van der Waals surface area contributed by atoms with Gasteiger partial charge in [0, 0.05) is 5.54 Å². The molecule has 0 amide bonds. The van der Waals surface area contributed by atoms with Gasteiger partial charge in [-0.1, -0.05) is 12.2 Å². The maximum absolute atomic E-state index is 3.57. The maximum atomic E-state index is 3.57. The minimum Gasteiger partial charge on any atom is -0.316 e. The van der Waals surface area contributed by atoms with Crippen molar-refractivity contribution in [1.82, 2.24) is 10.6 Å². The molecule has 2 heteroatoms. The lowest BCUT2D eigenvalue weighted by atomic mass is 9.94. The number of nitrogens with one attached hydrogen (secondary N) is 2. The Hall–Kier alpha value is -0.340. The van der Waals surface area contributed by atoms with Gasteiger partial charge in [-0.15, -0.1) is 0 Å². The molecule has 0 bridgehead atoms. The Morgan fingerprint density at radius 2 is 2.00 bits per heavy atom. The van der Waals surface area contributed by atoms with Gasteiger partial charge in [-0.05, 0) is 72.0 Å². The van der Waals surface area contributed by atoms with Crippen molar-refractivity contribution in [3.63, 3.8) is 0 Å². The zero-order valence-electron chi connectivity index (χ0n) is 11.2. The van der Waals surface area contributed by atoms with E-state index >= 15 is 0 Å². The van der Waals surface area contributed by atoms with Crippen LogP contribution < -0.4 is 10.6 Å². The summed E-state index contributed by atoms with van der Waals surface area (Å²) in [6.45, 7) is 10.1. The van der Waals surface area contributed by atoms with Gasteiger partial charge in [0.05, 0.1) is 0 Å². The molecule has 0 heterocycles. The van der Waals surface area contributed by atoms with Gasteiger partial charge in [-0.2, -0.15) is 0 Å². The summed E-state index contributed by atoms with van der Waals surface area (Å²) in [6.07, 6.45) is 9.77. The Kier molecular flexibility index (Phi) is 6.07. The predicted molar refractivity (Wildman–Crippen MR) is 71.7 cm³/mol. The predicted octanol–water partition coefficient (Wildman–Crippen LogP) is 2.71. The second kappa shape index (κ2) is 7.08. The highest BCUT2D eigenvalue weighted by Gasteiger charge is 2.09. The molecule has 0 fully saturated rings. The van der Waals surface area contributed by atoms with Gasteiger partial charge in [-0.3, -0.25) is 0 Å². The van der Waals surface area contributed by atoms with Gasteiger partial charge in [0.15, 0.2) is 0 Å². The summed E-state index contributed by atoms with van der Waals surface area (Å²) < 4.78 is 0. The largest absolute Gasteiger partial charge is 0.316 e. The van der Waals surface area contributed by atoms with E-state index < -0.39 is 0 Å². The highest BCUT2D eigenvalue weighted by atomic mass is 14.9. The standard InChI is InChI=1S/C14H28N2/c1-14(2,3)16-11-7-10-15-12-13-8-5-4-6-9-13/h4-5,13,15-16H,6-12H2,1-3H3. The molecular formula is C14H28N2. The van der Waals surface area contributed by atoms with Crippen LogP contribution in [0.3, 0.4) is 0 Å². The molecule has 0 saturated heterocycles. The third-order valence-electron chi connectivity index (χ3n) is 3.00. The molecule has 2 nitrogen and oxygen atoms in total. The van der Waals surface area contributed by atoms with Crippen molar-refractivity contribution < 1.29 is 0 Å². The third kappa shape index (κ3) is 7.02. The van der Waals surface area contributed by atoms with Gasteiger partial charge < -0.3 is 10.6 Å². The van der Waals surface area contributed by atoms with E-state index in [2.05, 4.69) is 43.6 Å². The molecule has 1 atom stereocenters. The average molecular weight is 224 g/mol. The topological polar surface area (TPSA) is 24.1 Å². The molecule has 0 aromatic rings. The van der Waals surface area contributed by atoms with Crippen molar-refractivity contribution in [2.75, 3.05) is 19.6 Å². The van der Waals surface area contributed by atoms with Gasteiger partial charge in [0.1, 0.15) is 0 Å². The van der Waals surface area contributed by atoms with E-state index in [-0.39, 0.29) is 5.54 Å². The maximum Gasteiger partial charge on any atom is 0.00965 e. The van der Waals surface area contributed by atoms with Crippen LogP contribution in [0.4, 0.5) is 0 Å². The molecule has 0 aliphatic heterocycles. The first-order chi connectivity index (χ1) is 7.58. The normalized spacial score (nSPS) is 21.3. The van der Waals surface area contributed by atoms with E-state index in [0.29, 0.717) is 0 Å².